The number of hydrogen-bond acceptors (Lipinski definition) is 7. The van der Waals surface area contributed by atoms with E-state index in [1.165, 1.54) is 0 Å². The largest absolute Gasteiger partial charge is 0.480 e. The lowest BCUT2D eigenvalue weighted by Crippen LogP contribution is -2.37. The molecule has 2 fully saturated rings. The van der Waals surface area contributed by atoms with Gasteiger partial charge in [0.2, 0.25) is 11.8 Å². The molecule has 0 atom stereocenters. The normalized spacial score (nSPS) is 20.2. The SMILES string of the molecule is COc1ccn(-c2nc(NC3CCC(F)(F)CC3)cc(N3CCOCC3)n2)n1. The predicted molar refractivity (Wildman–Crippen MR) is 99.6 cm³/mol. The molecule has 1 aliphatic heterocycles. The molecule has 0 radical (unpaired) electrons. The van der Waals surface area contributed by atoms with E-state index < -0.39 is 5.92 Å². The lowest BCUT2D eigenvalue weighted by molar-refractivity contribution is -0.0361. The molecule has 0 aromatic carbocycles. The number of aromatic nitrogens is 4. The highest BCUT2D eigenvalue weighted by Crippen LogP contribution is 2.34. The summed E-state index contributed by atoms with van der Waals surface area (Å²) < 4.78 is 39.0. The van der Waals surface area contributed by atoms with Crippen molar-refractivity contribution >= 4 is 11.6 Å². The van der Waals surface area contributed by atoms with Crippen LogP contribution < -0.4 is 15.0 Å². The number of halogens is 2. The summed E-state index contributed by atoms with van der Waals surface area (Å²) in [6, 6.07) is 3.55. The van der Waals surface area contributed by atoms with Crippen molar-refractivity contribution in [1.29, 1.82) is 0 Å². The lowest BCUT2D eigenvalue weighted by atomic mass is 9.92. The molecule has 1 saturated carbocycles. The van der Waals surface area contributed by atoms with E-state index in [9.17, 15) is 8.78 Å². The van der Waals surface area contributed by atoms with Crippen molar-refractivity contribution in [3.8, 4) is 11.8 Å². The van der Waals surface area contributed by atoms with Gasteiger partial charge >= 0.3 is 0 Å². The third-order valence-corrected chi connectivity index (χ3v) is 5.08. The van der Waals surface area contributed by atoms with Gasteiger partial charge in [0, 0.05) is 50.3 Å². The fraction of sp³-hybridized carbons (Fsp3) is 0.611. The molecule has 0 spiro atoms. The van der Waals surface area contributed by atoms with E-state index in [2.05, 4.69) is 25.3 Å². The van der Waals surface area contributed by atoms with E-state index in [-0.39, 0.29) is 18.9 Å². The molecule has 28 heavy (non-hydrogen) atoms. The predicted octanol–water partition coefficient (Wildman–Crippen LogP) is 2.50. The molecule has 1 saturated heterocycles. The van der Waals surface area contributed by atoms with Crippen molar-refractivity contribution in [3.63, 3.8) is 0 Å². The van der Waals surface area contributed by atoms with Crippen molar-refractivity contribution < 1.29 is 18.3 Å². The van der Waals surface area contributed by atoms with E-state index in [0.29, 0.717) is 43.7 Å². The Labute approximate surface area is 161 Å². The molecule has 8 nitrogen and oxygen atoms in total. The lowest BCUT2D eigenvalue weighted by Gasteiger charge is -2.30. The van der Waals surface area contributed by atoms with Crippen molar-refractivity contribution in [2.45, 2.75) is 37.6 Å². The zero-order valence-corrected chi connectivity index (χ0v) is 15.8. The van der Waals surface area contributed by atoms with Gasteiger partial charge in [-0.25, -0.2) is 13.5 Å². The van der Waals surface area contributed by atoms with Crippen LogP contribution in [0.25, 0.3) is 5.95 Å². The Bertz CT molecular complexity index is 799. The van der Waals surface area contributed by atoms with Gasteiger partial charge in [-0.2, -0.15) is 9.97 Å². The highest BCUT2D eigenvalue weighted by atomic mass is 19.3. The zero-order chi connectivity index (χ0) is 19.6. The fourth-order valence-corrected chi connectivity index (χ4v) is 3.47. The van der Waals surface area contributed by atoms with E-state index in [1.807, 2.05) is 6.07 Å². The fourth-order valence-electron chi connectivity index (χ4n) is 3.47. The molecular formula is C18H24F2N6O2. The van der Waals surface area contributed by atoms with Crippen LogP contribution >= 0.6 is 0 Å². The monoisotopic (exact) mass is 394 g/mol. The Balaban J connectivity index is 1.59. The first-order valence-corrected chi connectivity index (χ1v) is 9.49. The van der Waals surface area contributed by atoms with Crippen LogP contribution in [-0.2, 0) is 4.74 Å². The first-order chi connectivity index (χ1) is 13.5. The number of hydrogen-bond donors (Lipinski definition) is 1. The molecule has 2 aromatic heterocycles. The minimum absolute atomic E-state index is 0.0351. The standard InChI is InChI=1S/C18H24F2N6O2/c1-27-16-4-7-26(24-16)17-22-14(21-13-2-5-18(19,20)6-3-13)12-15(23-17)25-8-10-28-11-9-25/h4,7,12-13H,2-3,5-6,8-11H2,1H3,(H,21,22,23). The molecule has 2 aromatic rings. The molecule has 152 valence electrons. The Kier molecular flexibility index (Phi) is 5.29. The molecule has 0 amide bonds. The number of methoxy groups -OCH3 is 1. The maximum atomic E-state index is 13.4. The molecule has 3 heterocycles. The van der Waals surface area contributed by atoms with Crippen LogP contribution in [-0.4, -0.2) is 65.1 Å². The van der Waals surface area contributed by atoms with Crippen molar-refractivity contribution in [2.24, 2.45) is 0 Å². The molecule has 10 heteroatoms. The highest BCUT2D eigenvalue weighted by Gasteiger charge is 2.35. The van der Waals surface area contributed by atoms with Gasteiger partial charge in [-0.3, -0.25) is 0 Å². The van der Waals surface area contributed by atoms with E-state index in [0.717, 1.165) is 18.9 Å². The average molecular weight is 394 g/mol. The summed E-state index contributed by atoms with van der Waals surface area (Å²) in [5, 5.41) is 7.61. The number of rotatable bonds is 5. The van der Waals surface area contributed by atoms with Gasteiger partial charge in [0.15, 0.2) is 0 Å². The van der Waals surface area contributed by atoms with Crippen LogP contribution in [0.15, 0.2) is 18.3 Å². The Morgan fingerprint density at radius 1 is 1.21 bits per heavy atom. The number of nitrogens with zero attached hydrogens (tertiary/aromatic N) is 5. The van der Waals surface area contributed by atoms with E-state index >= 15 is 0 Å². The van der Waals surface area contributed by atoms with Crippen molar-refractivity contribution in [1.82, 2.24) is 19.7 Å². The molecule has 0 bridgehead atoms. The Morgan fingerprint density at radius 2 is 1.96 bits per heavy atom. The maximum absolute atomic E-state index is 13.4. The van der Waals surface area contributed by atoms with Gasteiger partial charge in [-0.05, 0) is 12.8 Å². The topological polar surface area (TPSA) is 77.3 Å². The summed E-state index contributed by atoms with van der Waals surface area (Å²) in [6.45, 7) is 2.73. The van der Waals surface area contributed by atoms with Crippen LogP contribution in [0.3, 0.4) is 0 Å². The van der Waals surface area contributed by atoms with Crippen molar-refractivity contribution in [3.05, 3.63) is 18.3 Å². The van der Waals surface area contributed by atoms with Crippen molar-refractivity contribution in [2.75, 3.05) is 43.6 Å². The number of morpholine rings is 1. The molecule has 4 rings (SSSR count). The summed E-state index contributed by atoms with van der Waals surface area (Å²) >= 11 is 0. The third-order valence-electron chi connectivity index (χ3n) is 5.08. The smallest absolute Gasteiger partial charge is 0.254 e. The average Bonchev–Trinajstić information content (AvgIpc) is 3.19. The van der Waals surface area contributed by atoms with Gasteiger partial charge < -0.3 is 19.7 Å². The van der Waals surface area contributed by atoms with Gasteiger partial charge in [0.05, 0.1) is 20.3 Å². The van der Waals surface area contributed by atoms with E-state index in [1.54, 1.807) is 24.1 Å². The molecule has 1 N–H and O–H groups in total. The summed E-state index contributed by atoms with van der Waals surface area (Å²) in [5.74, 6) is -0.331. The quantitative estimate of drug-likeness (QED) is 0.835. The Hall–Kier alpha value is -2.49. The summed E-state index contributed by atoms with van der Waals surface area (Å²) in [6.07, 6.45) is 2.34. The Morgan fingerprint density at radius 3 is 2.64 bits per heavy atom. The summed E-state index contributed by atoms with van der Waals surface area (Å²) in [4.78, 5) is 11.3. The van der Waals surface area contributed by atoms with Gasteiger partial charge in [0.1, 0.15) is 11.6 Å². The van der Waals surface area contributed by atoms with Crippen LogP contribution in [0.4, 0.5) is 20.4 Å². The molecule has 1 aliphatic carbocycles. The molecular weight excluding hydrogens is 370 g/mol. The first-order valence-electron chi connectivity index (χ1n) is 9.49. The van der Waals surface area contributed by atoms with Crippen LogP contribution in [0.1, 0.15) is 25.7 Å². The number of alkyl halides is 2. The maximum Gasteiger partial charge on any atom is 0.254 e. The van der Waals surface area contributed by atoms with Gasteiger partial charge in [0.25, 0.3) is 5.95 Å². The highest BCUT2D eigenvalue weighted by molar-refractivity contribution is 5.52. The second-order valence-corrected chi connectivity index (χ2v) is 7.09. The third kappa shape index (κ3) is 4.32. The number of anilines is 2. The minimum Gasteiger partial charge on any atom is -0.480 e. The summed E-state index contributed by atoms with van der Waals surface area (Å²) in [7, 11) is 1.55. The molecule has 2 aliphatic rings. The van der Waals surface area contributed by atoms with E-state index in [4.69, 9.17) is 9.47 Å². The van der Waals surface area contributed by atoms with Gasteiger partial charge in [-0.1, -0.05) is 0 Å². The zero-order valence-electron chi connectivity index (χ0n) is 15.8. The minimum atomic E-state index is -2.56. The van der Waals surface area contributed by atoms with Crippen LogP contribution in [0.5, 0.6) is 5.88 Å². The number of ether oxygens (including phenoxy) is 2. The van der Waals surface area contributed by atoms with Crippen LogP contribution in [0, 0.1) is 0 Å². The van der Waals surface area contributed by atoms with Gasteiger partial charge in [-0.15, -0.1) is 5.10 Å². The second kappa shape index (κ2) is 7.86. The summed E-state index contributed by atoms with van der Waals surface area (Å²) in [5.41, 5.74) is 0. The second-order valence-electron chi connectivity index (χ2n) is 7.09. The molecule has 0 unspecified atom stereocenters. The van der Waals surface area contributed by atoms with Crippen LogP contribution in [0.2, 0.25) is 0 Å². The first kappa shape index (κ1) is 18.9. The number of nitrogens with one attached hydrogen (secondary N) is 1.